The average molecular weight is 343 g/mol. The molecule has 0 radical (unpaired) electrons. The minimum Gasteiger partial charge on any atom is -0.341 e. The maximum atomic E-state index is 12.9. The Labute approximate surface area is 153 Å². The van der Waals surface area contributed by atoms with Gasteiger partial charge in [0.25, 0.3) is 5.91 Å². The molecule has 1 amide bonds. The molecule has 0 unspecified atom stereocenters. The van der Waals surface area contributed by atoms with Crippen molar-refractivity contribution in [3.63, 3.8) is 0 Å². The highest BCUT2D eigenvalue weighted by Gasteiger charge is 2.25. The summed E-state index contributed by atoms with van der Waals surface area (Å²) in [6, 6.07) is 22.1. The third-order valence-electron chi connectivity index (χ3n) is 4.80. The Balaban J connectivity index is 1.57. The Bertz CT molecular complexity index is 906. The van der Waals surface area contributed by atoms with Crippen LogP contribution in [0, 0.1) is 0 Å². The highest BCUT2D eigenvalue weighted by molar-refractivity contribution is 6.06. The zero-order chi connectivity index (χ0) is 17.9. The number of amides is 1. The first-order valence-electron chi connectivity index (χ1n) is 8.96. The summed E-state index contributed by atoms with van der Waals surface area (Å²) in [5, 5.41) is 0. The minimum atomic E-state index is -0.0377. The van der Waals surface area contributed by atoms with E-state index < -0.39 is 0 Å². The summed E-state index contributed by atoms with van der Waals surface area (Å²) in [6.45, 7) is 3.65. The Hall–Kier alpha value is -3.14. The fourth-order valence-corrected chi connectivity index (χ4v) is 3.48. The number of carbonyl (C=O) groups is 1. The van der Waals surface area contributed by atoms with Crippen molar-refractivity contribution in [2.75, 3.05) is 22.9 Å². The molecule has 4 rings (SSSR count). The second kappa shape index (κ2) is 7.00. The van der Waals surface area contributed by atoms with Gasteiger partial charge in [0.05, 0.1) is 11.9 Å². The number of rotatable bonds is 4. The molecule has 3 aromatic rings. The van der Waals surface area contributed by atoms with E-state index in [1.165, 1.54) is 5.56 Å². The molecular weight excluding hydrogens is 322 g/mol. The molecule has 2 heterocycles. The molecule has 2 aromatic carbocycles. The fraction of sp³-hybridized carbons (Fsp3) is 0.182. The largest absolute Gasteiger partial charge is 0.341 e. The van der Waals surface area contributed by atoms with Gasteiger partial charge in [-0.15, -0.1) is 0 Å². The van der Waals surface area contributed by atoms with E-state index in [0.29, 0.717) is 12.2 Å². The lowest BCUT2D eigenvalue weighted by atomic mass is 10.2. The van der Waals surface area contributed by atoms with E-state index in [1.54, 1.807) is 6.20 Å². The van der Waals surface area contributed by atoms with E-state index in [0.717, 1.165) is 30.0 Å². The van der Waals surface area contributed by atoms with Crippen LogP contribution < -0.4 is 9.80 Å². The minimum absolute atomic E-state index is 0.0377. The molecular formula is C22H21N3O. The molecule has 0 N–H and O–H groups in total. The van der Waals surface area contributed by atoms with Crippen molar-refractivity contribution >= 4 is 23.0 Å². The number of nitrogens with zero attached hydrogens (tertiary/aromatic N) is 3. The van der Waals surface area contributed by atoms with Gasteiger partial charge < -0.3 is 9.80 Å². The number of para-hydroxylation sites is 2. The summed E-state index contributed by atoms with van der Waals surface area (Å²) in [4.78, 5) is 21.3. The van der Waals surface area contributed by atoms with Crippen molar-refractivity contribution in [2.45, 2.75) is 13.3 Å². The normalized spacial score (nSPS) is 12.7. The highest BCUT2D eigenvalue weighted by atomic mass is 16.2. The van der Waals surface area contributed by atoms with Crippen molar-refractivity contribution < 1.29 is 4.79 Å². The SMILES string of the molecule is CCN(c1ccccc1)c1ccc(C(=O)N2CCc3ccccc32)nc1. The van der Waals surface area contributed by atoms with Gasteiger partial charge in [-0.3, -0.25) is 4.79 Å². The molecule has 0 saturated carbocycles. The van der Waals surface area contributed by atoms with Crippen LogP contribution in [0.1, 0.15) is 23.0 Å². The number of aromatic nitrogens is 1. The standard InChI is InChI=1S/C22H21N3O/c1-2-24(18-9-4-3-5-10-18)19-12-13-20(23-16-19)22(26)25-15-14-17-8-6-7-11-21(17)25/h3-13,16H,2,14-15H2,1H3. The van der Waals surface area contributed by atoms with Crippen LogP contribution in [-0.2, 0) is 6.42 Å². The van der Waals surface area contributed by atoms with E-state index in [9.17, 15) is 4.79 Å². The van der Waals surface area contributed by atoms with Crippen LogP contribution in [0.15, 0.2) is 72.9 Å². The molecule has 4 heteroatoms. The molecule has 0 spiro atoms. The monoisotopic (exact) mass is 343 g/mol. The molecule has 0 atom stereocenters. The molecule has 4 nitrogen and oxygen atoms in total. The third-order valence-corrected chi connectivity index (χ3v) is 4.80. The third kappa shape index (κ3) is 2.94. The second-order valence-corrected chi connectivity index (χ2v) is 6.32. The molecule has 1 aromatic heterocycles. The highest BCUT2D eigenvalue weighted by Crippen LogP contribution is 2.29. The summed E-state index contributed by atoms with van der Waals surface area (Å²) >= 11 is 0. The van der Waals surface area contributed by atoms with Gasteiger partial charge in [-0.25, -0.2) is 4.98 Å². The quantitative estimate of drug-likeness (QED) is 0.702. The van der Waals surface area contributed by atoms with Crippen molar-refractivity contribution in [2.24, 2.45) is 0 Å². The fourth-order valence-electron chi connectivity index (χ4n) is 3.48. The van der Waals surface area contributed by atoms with Crippen molar-refractivity contribution in [1.29, 1.82) is 0 Å². The van der Waals surface area contributed by atoms with Gasteiger partial charge in [0, 0.05) is 24.5 Å². The van der Waals surface area contributed by atoms with Crippen LogP contribution in [0.3, 0.4) is 0 Å². The van der Waals surface area contributed by atoms with Crippen LogP contribution >= 0.6 is 0 Å². The maximum absolute atomic E-state index is 12.9. The lowest BCUT2D eigenvalue weighted by Crippen LogP contribution is -2.29. The maximum Gasteiger partial charge on any atom is 0.276 e. The predicted octanol–water partition coefficient (Wildman–Crippen LogP) is 4.44. The van der Waals surface area contributed by atoms with Gasteiger partial charge in [-0.05, 0) is 49.2 Å². The number of hydrogen-bond acceptors (Lipinski definition) is 3. The molecule has 0 bridgehead atoms. The summed E-state index contributed by atoms with van der Waals surface area (Å²) in [5.41, 5.74) is 4.80. The average Bonchev–Trinajstić information content (AvgIpc) is 3.13. The van der Waals surface area contributed by atoms with Crippen molar-refractivity contribution in [3.05, 3.63) is 84.2 Å². The van der Waals surface area contributed by atoms with E-state index in [-0.39, 0.29) is 5.91 Å². The first-order valence-corrected chi connectivity index (χ1v) is 8.96. The molecule has 130 valence electrons. The van der Waals surface area contributed by atoms with Gasteiger partial charge in [0.2, 0.25) is 0 Å². The lowest BCUT2D eigenvalue weighted by Gasteiger charge is -2.23. The van der Waals surface area contributed by atoms with Crippen LogP contribution in [0.2, 0.25) is 0 Å². The van der Waals surface area contributed by atoms with Crippen LogP contribution in [-0.4, -0.2) is 24.0 Å². The first kappa shape index (κ1) is 16.3. The number of carbonyl (C=O) groups excluding carboxylic acids is 1. The van der Waals surface area contributed by atoms with Gasteiger partial charge in [0.1, 0.15) is 5.69 Å². The number of anilines is 3. The van der Waals surface area contributed by atoms with Crippen LogP contribution in [0.5, 0.6) is 0 Å². The Morgan fingerprint density at radius 2 is 1.77 bits per heavy atom. The van der Waals surface area contributed by atoms with Gasteiger partial charge >= 0.3 is 0 Å². The molecule has 0 aliphatic carbocycles. The summed E-state index contributed by atoms with van der Waals surface area (Å²) in [6.07, 6.45) is 2.68. The van der Waals surface area contributed by atoms with E-state index >= 15 is 0 Å². The van der Waals surface area contributed by atoms with Crippen molar-refractivity contribution in [1.82, 2.24) is 4.98 Å². The smallest absolute Gasteiger partial charge is 0.276 e. The Morgan fingerprint density at radius 1 is 1.00 bits per heavy atom. The van der Waals surface area contributed by atoms with E-state index in [1.807, 2.05) is 53.4 Å². The van der Waals surface area contributed by atoms with Crippen LogP contribution in [0.25, 0.3) is 0 Å². The Kier molecular flexibility index (Phi) is 4.40. The Morgan fingerprint density at radius 3 is 2.50 bits per heavy atom. The lowest BCUT2D eigenvalue weighted by molar-refractivity contribution is 0.0984. The van der Waals surface area contributed by atoms with Gasteiger partial charge in [0.15, 0.2) is 0 Å². The van der Waals surface area contributed by atoms with E-state index in [2.05, 4.69) is 35.0 Å². The summed E-state index contributed by atoms with van der Waals surface area (Å²) < 4.78 is 0. The topological polar surface area (TPSA) is 36.4 Å². The zero-order valence-corrected chi connectivity index (χ0v) is 14.8. The van der Waals surface area contributed by atoms with Gasteiger partial charge in [-0.1, -0.05) is 36.4 Å². The number of pyridine rings is 1. The van der Waals surface area contributed by atoms with E-state index in [4.69, 9.17) is 0 Å². The number of benzene rings is 2. The predicted molar refractivity (Wildman–Crippen MR) is 105 cm³/mol. The van der Waals surface area contributed by atoms with Gasteiger partial charge in [-0.2, -0.15) is 0 Å². The first-order chi connectivity index (χ1) is 12.8. The molecule has 0 fully saturated rings. The molecule has 26 heavy (non-hydrogen) atoms. The molecule has 1 aliphatic heterocycles. The molecule has 0 saturated heterocycles. The van der Waals surface area contributed by atoms with Crippen molar-refractivity contribution in [3.8, 4) is 0 Å². The zero-order valence-electron chi connectivity index (χ0n) is 14.8. The van der Waals surface area contributed by atoms with Crippen LogP contribution in [0.4, 0.5) is 17.1 Å². The molecule has 1 aliphatic rings. The summed E-state index contributed by atoms with van der Waals surface area (Å²) in [5.74, 6) is -0.0377. The summed E-state index contributed by atoms with van der Waals surface area (Å²) in [7, 11) is 0. The number of hydrogen-bond donors (Lipinski definition) is 0. The number of fused-ring (bicyclic) bond motifs is 1. The second-order valence-electron chi connectivity index (χ2n) is 6.32.